The molecule has 2 atom stereocenters. The molecule has 1 aliphatic carbocycles. The van der Waals surface area contributed by atoms with Gasteiger partial charge in [-0.2, -0.15) is 5.26 Å². The van der Waals surface area contributed by atoms with E-state index in [-0.39, 0.29) is 18.6 Å². The Morgan fingerprint density at radius 1 is 1.50 bits per heavy atom. The van der Waals surface area contributed by atoms with Crippen LogP contribution in [0.25, 0.3) is 0 Å². The molecule has 0 spiro atoms. The van der Waals surface area contributed by atoms with E-state index in [0.29, 0.717) is 18.9 Å². The summed E-state index contributed by atoms with van der Waals surface area (Å²) in [6.07, 6.45) is 2.94. The second kappa shape index (κ2) is 7.20. The normalized spacial score (nSPS) is 24.0. The molecule has 1 saturated carbocycles. The van der Waals surface area contributed by atoms with E-state index in [1.807, 2.05) is 6.07 Å². The van der Waals surface area contributed by atoms with Gasteiger partial charge in [-0.1, -0.05) is 0 Å². The molecule has 0 aromatic rings. The third-order valence-corrected chi connectivity index (χ3v) is 2.79. The Kier molecular flexibility index (Phi) is 5.83. The van der Waals surface area contributed by atoms with Crippen molar-refractivity contribution in [3.8, 4) is 6.07 Å². The Morgan fingerprint density at radius 3 is 2.94 bits per heavy atom. The molecule has 0 aliphatic heterocycles. The van der Waals surface area contributed by atoms with Crippen molar-refractivity contribution in [2.75, 3.05) is 19.6 Å². The van der Waals surface area contributed by atoms with Crippen LogP contribution in [0.4, 0.5) is 0 Å². The fraction of sp³-hybridized carbons (Fsp3) is 0.818. The zero-order chi connectivity index (χ0) is 11.8. The van der Waals surface area contributed by atoms with Gasteiger partial charge in [0.1, 0.15) is 0 Å². The van der Waals surface area contributed by atoms with E-state index in [0.717, 1.165) is 25.8 Å². The van der Waals surface area contributed by atoms with E-state index < -0.39 is 0 Å². The number of aliphatic hydroxyl groups excluding tert-OH is 1. The maximum Gasteiger partial charge on any atom is 0.233 e. The highest BCUT2D eigenvalue weighted by molar-refractivity contribution is 5.77. The Labute approximate surface area is 95.8 Å². The highest BCUT2D eigenvalue weighted by Crippen LogP contribution is 2.24. The van der Waals surface area contributed by atoms with E-state index in [2.05, 4.69) is 10.6 Å². The van der Waals surface area contributed by atoms with Gasteiger partial charge in [-0.25, -0.2) is 0 Å². The standard InChI is InChI=1S/C11H19N3O2/c12-4-1-5-14-11(16)8-13-7-9-2-3-10(15)6-9/h9-10,13,15H,1-3,5-8H2,(H,14,16). The zero-order valence-corrected chi connectivity index (χ0v) is 9.41. The van der Waals surface area contributed by atoms with Crippen LogP contribution in [0.2, 0.25) is 0 Å². The number of nitrogens with one attached hydrogen (secondary N) is 2. The van der Waals surface area contributed by atoms with Crippen LogP contribution in [-0.2, 0) is 4.79 Å². The minimum absolute atomic E-state index is 0.0752. The first kappa shape index (κ1) is 12.9. The fourth-order valence-electron chi connectivity index (χ4n) is 1.94. The second-order valence-electron chi connectivity index (χ2n) is 4.22. The van der Waals surface area contributed by atoms with Crippen LogP contribution in [0.5, 0.6) is 0 Å². The number of nitrogens with zero attached hydrogens (tertiary/aromatic N) is 1. The van der Waals surface area contributed by atoms with Crippen molar-refractivity contribution in [1.82, 2.24) is 10.6 Å². The van der Waals surface area contributed by atoms with Crippen LogP contribution in [0.15, 0.2) is 0 Å². The number of nitriles is 1. The average molecular weight is 225 g/mol. The van der Waals surface area contributed by atoms with Crippen LogP contribution < -0.4 is 10.6 Å². The van der Waals surface area contributed by atoms with E-state index in [1.54, 1.807) is 0 Å². The number of rotatable bonds is 6. The molecule has 3 N–H and O–H groups in total. The fourth-order valence-corrected chi connectivity index (χ4v) is 1.94. The van der Waals surface area contributed by atoms with Crippen LogP contribution in [-0.4, -0.2) is 36.8 Å². The number of carbonyl (C=O) groups is 1. The summed E-state index contributed by atoms with van der Waals surface area (Å²) < 4.78 is 0. The molecule has 1 rings (SSSR count). The number of carbonyl (C=O) groups excluding carboxylic acids is 1. The predicted octanol–water partition coefficient (Wildman–Crippen LogP) is -0.233. The lowest BCUT2D eigenvalue weighted by Gasteiger charge is -2.10. The van der Waals surface area contributed by atoms with Gasteiger partial charge in [0, 0.05) is 6.54 Å². The minimum Gasteiger partial charge on any atom is -0.393 e. The molecule has 2 unspecified atom stereocenters. The first-order valence-corrected chi connectivity index (χ1v) is 5.74. The SMILES string of the molecule is N#CCCNC(=O)CNCC1CCC(O)C1. The minimum atomic E-state index is -0.156. The number of aliphatic hydroxyl groups is 1. The molecule has 5 nitrogen and oxygen atoms in total. The van der Waals surface area contributed by atoms with Gasteiger partial charge in [0.05, 0.1) is 25.1 Å². The molecule has 0 aromatic carbocycles. The quantitative estimate of drug-likeness (QED) is 0.545. The van der Waals surface area contributed by atoms with Gasteiger partial charge in [0.25, 0.3) is 0 Å². The Hall–Kier alpha value is -1.12. The summed E-state index contributed by atoms with van der Waals surface area (Å²) in [6.45, 7) is 1.49. The number of amides is 1. The lowest BCUT2D eigenvalue weighted by Crippen LogP contribution is -2.36. The summed E-state index contributed by atoms with van der Waals surface area (Å²) in [5.74, 6) is 0.413. The van der Waals surface area contributed by atoms with Crippen molar-refractivity contribution in [2.45, 2.75) is 31.8 Å². The highest BCUT2D eigenvalue weighted by Gasteiger charge is 2.22. The van der Waals surface area contributed by atoms with Crippen LogP contribution in [0.3, 0.4) is 0 Å². The molecule has 90 valence electrons. The first-order valence-electron chi connectivity index (χ1n) is 5.74. The zero-order valence-electron chi connectivity index (χ0n) is 9.41. The molecule has 1 fully saturated rings. The van der Waals surface area contributed by atoms with Crippen molar-refractivity contribution in [1.29, 1.82) is 5.26 Å². The second-order valence-corrected chi connectivity index (χ2v) is 4.22. The third kappa shape index (κ3) is 5.10. The molecule has 0 radical (unpaired) electrons. The van der Waals surface area contributed by atoms with E-state index in [1.165, 1.54) is 0 Å². The van der Waals surface area contributed by atoms with Gasteiger partial charge < -0.3 is 15.7 Å². The molecule has 5 heteroatoms. The monoisotopic (exact) mass is 225 g/mol. The summed E-state index contributed by atoms with van der Waals surface area (Å²) in [5.41, 5.74) is 0. The maximum atomic E-state index is 11.2. The van der Waals surface area contributed by atoms with Crippen molar-refractivity contribution in [3.63, 3.8) is 0 Å². The van der Waals surface area contributed by atoms with E-state index >= 15 is 0 Å². The van der Waals surface area contributed by atoms with E-state index in [4.69, 9.17) is 5.26 Å². The molecule has 0 heterocycles. The smallest absolute Gasteiger partial charge is 0.233 e. The van der Waals surface area contributed by atoms with Gasteiger partial charge in [-0.15, -0.1) is 0 Å². The largest absolute Gasteiger partial charge is 0.393 e. The Balaban J connectivity index is 1.98. The lowest BCUT2D eigenvalue weighted by molar-refractivity contribution is -0.120. The molecule has 0 aromatic heterocycles. The topological polar surface area (TPSA) is 85.2 Å². The summed E-state index contributed by atoms with van der Waals surface area (Å²) in [4.78, 5) is 11.2. The van der Waals surface area contributed by atoms with Crippen molar-refractivity contribution < 1.29 is 9.90 Å². The number of hydrogen-bond acceptors (Lipinski definition) is 4. The molecule has 16 heavy (non-hydrogen) atoms. The van der Waals surface area contributed by atoms with Gasteiger partial charge in [-0.3, -0.25) is 4.79 Å². The maximum absolute atomic E-state index is 11.2. The van der Waals surface area contributed by atoms with Crippen molar-refractivity contribution >= 4 is 5.91 Å². The predicted molar refractivity (Wildman–Crippen MR) is 59.5 cm³/mol. The first-order chi connectivity index (χ1) is 7.72. The lowest BCUT2D eigenvalue weighted by atomic mass is 10.1. The summed E-state index contributed by atoms with van der Waals surface area (Å²) in [6, 6.07) is 1.97. The highest BCUT2D eigenvalue weighted by atomic mass is 16.3. The van der Waals surface area contributed by atoms with Crippen LogP contribution in [0.1, 0.15) is 25.7 Å². The third-order valence-electron chi connectivity index (χ3n) is 2.79. The molecular formula is C11H19N3O2. The molecule has 1 amide bonds. The Morgan fingerprint density at radius 2 is 2.31 bits per heavy atom. The van der Waals surface area contributed by atoms with Crippen LogP contribution >= 0.6 is 0 Å². The molecule has 0 bridgehead atoms. The van der Waals surface area contributed by atoms with Gasteiger partial charge >= 0.3 is 0 Å². The summed E-state index contributed by atoms with van der Waals surface area (Å²) in [5, 5.41) is 23.3. The number of hydrogen-bond donors (Lipinski definition) is 3. The Bertz CT molecular complexity index is 262. The molecular weight excluding hydrogens is 206 g/mol. The van der Waals surface area contributed by atoms with Crippen molar-refractivity contribution in [3.05, 3.63) is 0 Å². The molecule has 0 saturated heterocycles. The van der Waals surface area contributed by atoms with Crippen molar-refractivity contribution in [2.24, 2.45) is 5.92 Å². The van der Waals surface area contributed by atoms with Gasteiger partial charge in [-0.05, 0) is 31.7 Å². The average Bonchev–Trinajstić information content (AvgIpc) is 2.65. The summed E-state index contributed by atoms with van der Waals surface area (Å²) >= 11 is 0. The molecule has 1 aliphatic rings. The van der Waals surface area contributed by atoms with Crippen LogP contribution in [0, 0.1) is 17.2 Å². The summed E-state index contributed by atoms with van der Waals surface area (Å²) in [7, 11) is 0. The van der Waals surface area contributed by atoms with E-state index in [9.17, 15) is 9.90 Å². The van der Waals surface area contributed by atoms with Gasteiger partial charge in [0.15, 0.2) is 0 Å². The van der Waals surface area contributed by atoms with Gasteiger partial charge in [0.2, 0.25) is 5.91 Å².